The first kappa shape index (κ1) is 112. The maximum absolute atomic E-state index is 13.8. The largest absolute Gasteiger partial charge is 0.494 e. The van der Waals surface area contributed by atoms with Crippen molar-refractivity contribution < 1.29 is 63.3 Å². The van der Waals surface area contributed by atoms with Crippen LogP contribution in [0.25, 0.3) is 33.1 Å². The number of carbonyl (C=O) groups is 3. The number of aryl methyl sites for hydroxylation is 9. The fourth-order valence-electron chi connectivity index (χ4n) is 15.2. The lowest BCUT2D eigenvalue weighted by molar-refractivity contribution is -0.118. The highest BCUT2D eigenvalue weighted by molar-refractivity contribution is 7.89. The molecule has 0 saturated heterocycles. The van der Waals surface area contributed by atoms with E-state index in [0.717, 1.165) is 94.4 Å². The van der Waals surface area contributed by atoms with Gasteiger partial charge in [0.25, 0.3) is 0 Å². The fraction of sp³-hybridized carbons (Fsp3) is 0.434. The first-order valence-corrected chi connectivity index (χ1v) is 45.6. The van der Waals surface area contributed by atoms with Gasteiger partial charge in [0.15, 0.2) is 0 Å². The molecule has 0 unspecified atom stereocenters. The number of aromatic nitrogens is 10. The second-order valence-corrected chi connectivity index (χ2v) is 36.5. The minimum absolute atomic E-state index is 0. The molecule has 0 N–H and O–H groups in total. The number of hydrogen-bond acceptors (Lipinski definition) is 21. The number of carbonyl (C=O) groups excluding carboxylic acids is 3. The van der Waals surface area contributed by atoms with Gasteiger partial charge in [-0.1, -0.05) is 180 Å². The van der Waals surface area contributed by atoms with Gasteiger partial charge in [0.2, 0.25) is 30.1 Å². The molecule has 2 aliphatic rings. The molecule has 2 aliphatic heterocycles. The van der Waals surface area contributed by atoms with Gasteiger partial charge in [-0.15, -0.1) is 15.3 Å². The number of hydrogen-bond donors (Lipinski definition) is 0. The summed E-state index contributed by atoms with van der Waals surface area (Å²) in [5, 5.41) is 25.1. The van der Waals surface area contributed by atoms with Crippen molar-refractivity contribution in [2.24, 2.45) is 21.1 Å². The lowest BCUT2D eigenvalue weighted by atomic mass is 9.85. The summed E-state index contributed by atoms with van der Waals surface area (Å²) in [6.07, 6.45) is 1.53. The molecule has 0 spiro atoms. The zero-order valence-corrected chi connectivity index (χ0v) is 77.6. The van der Waals surface area contributed by atoms with Crippen LogP contribution < -0.4 is 23.7 Å². The summed E-state index contributed by atoms with van der Waals surface area (Å²) in [6, 6.07) is 43.2. The summed E-state index contributed by atoms with van der Waals surface area (Å²) in [7, 11) is 0.462. The third kappa shape index (κ3) is 25.7. The van der Waals surface area contributed by atoms with Crippen LogP contribution >= 0.6 is 0 Å². The van der Waals surface area contributed by atoms with E-state index in [1.807, 2.05) is 181 Å². The number of ether oxygens (including phenoxy) is 5. The van der Waals surface area contributed by atoms with Crippen molar-refractivity contribution in [3.63, 3.8) is 0 Å². The van der Waals surface area contributed by atoms with Crippen LogP contribution in [0.1, 0.15) is 241 Å². The van der Waals surface area contributed by atoms with Crippen LogP contribution in [0, 0.1) is 41.5 Å². The first-order chi connectivity index (χ1) is 58.4. The molecule has 0 saturated carbocycles. The summed E-state index contributed by atoms with van der Waals surface area (Å²) < 4.78 is 119. The van der Waals surface area contributed by atoms with Crippen molar-refractivity contribution in [1.82, 2.24) is 62.9 Å². The Bertz CT molecular complexity index is 5920. The maximum Gasteiger partial charge on any atom is 0.248 e. The van der Waals surface area contributed by atoms with Gasteiger partial charge in [0, 0.05) is 96.6 Å². The van der Waals surface area contributed by atoms with E-state index < -0.39 is 30.1 Å². The molecular weight excluding hydrogens is 1690 g/mol. The number of ketones is 3. The van der Waals surface area contributed by atoms with Crippen molar-refractivity contribution in [3.8, 4) is 28.7 Å². The van der Waals surface area contributed by atoms with Crippen LogP contribution in [0.4, 0.5) is 0 Å². The third-order valence-corrected chi connectivity index (χ3v) is 26.9. The average molecular weight is 1830 g/mol. The normalized spacial score (nSPS) is 14.7. The number of sulfonamides is 3. The second-order valence-electron chi connectivity index (χ2n) is 30.6. The van der Waals surface area contributed by atoms with E-state index in [4.69, 9.17) is 23.7 Å². The van der Waals surface area contributed by atoms with Crippen LogP contribution in [0.5, 0.6) is 28.7 Å². The van der Waals surface area contributed by atoms with E-state index in [9.17, 15) is 39.6 Å². The Morgan fingerprint density at radius 2 is 0.783 bits per heavy atom. The molecule has 12 aromatic rings. The quantitative estimate of drug-likeness (QED) is 0.0574. The maximum atomic E-state index is 13.8. The SMILES string of the molecule is C.C.C.C.C.C.CC.CC.CC.COc1cc([C@@H](CC(C)=O)c2ccc(C)c(CN(C)S(=O)(=O)c3ccc(C)cc3)c2)cc2nnn(C)c12.COc1cc([C@@H](CC(C)=O)c2ccc(C)c(CN3C[C@@H](C)Oc4cc(C)ccc4S3(=O)=O)c2)cc2nnn(C)c12.COc1cc([C@@H](CC(C)=O)c2ccc(C)c(CN3C[C@@H](C)Oc4cc(C)ncc4S3(=O)=O)c2)cc2nnn(C)c12. The molecule has 27 nitrogen and oxygen atoms in total. The van der Waals surface area contributed by atoms with E-state index in [-0.39, 0.29) is 159 Å². The van der Waals surface area contributed by atoms with Gasteiger partial charge in [-0.05, 0) is 209 Å². The lowest BCUT2D eigenvalue weighted by Crippen LogP contribution is -2.35. The van der Waals surface area contributed by atoms with Crippen LogP contribution in [-0.4, -0.2) is 159 Å². The Kier molecular flexibility index (Phi) is 42.1. The Morgan fingerprint density at radius 1 is 0.450 bits per heavy atom. The van der Waals surface area contributed by atoms with Gasteiger partial charge in [-0.2, -0.15) is 12.9 Å². The van der Waals surface area contributed by atoms with Gasteiger partial charge in [0.1, 0.15) is 101 Å². The number of methoxy groups -OCH3 is 3. The minimum Gasteiger partial charge on any atom is -0.494 e. The van der Waals surface area contributed by atoms with E-state index in [1.165, 1.54) is 19.1 Å². The smallest absolute Gasteiger partial charge is 0.248 e. The molecular formula is C99H141N13O14S3. The molecule has 8 aromatic carbocycles. The topological polar surface area (TPSA) is 315 Å². The van der Waals surface area contributed by atoms with Gasteiger partial charge in [-0.25, -0.2) is 39.3 Å². The van der Waals surface area contributed by atoms with Gasteiger partial charge < -0.3 is 23.7 Å². The van der Waals surface area contributed by atoms with Gasteiger partial charge in [-0.3, -0.25) is 19.4 Å². The first-order valence-electron chi connectivity index (χ1n) is 41.3. The zero-order chi connectivity index (χ0) is 90.4. The summed E-state index contributed by atoms with van der Waals surface area (Å²) >= 11 is 0. The molecule has 5 atom stereocenters. The Hall–Kier alpha value is -11.2. The Balaban J connectivity index is 0.000000474. The predicted octanol–water partition coefficient (Wildman–Crippen LogP) is 20.2. The molecule has 0 radical (unpaired) electrons. The number of rotatable bonds is 23. The third-order valence-electron chi connectivity index (χ3n) is 21.4. The number of pyridine rings is 1. The molecule has 0 bridgehead atoms. The van der Waals surface area contributed by atoms with E-state index in [0.29, 0.717) is 51.0 Å². The van der Waals surface area contributed by atoms with Crippen molar-refractivity contribution >= 4 is 80.5 Å². The molecule has 14 rings (SSSR count). The van der Waals surface area contributed by atoms with Crippen LogP contribution in [0.3, 0.4) is 0 Å². The molecule has 704 valence electrons. The fourth-order valence-corrected chi connectivity index (χ4v) is 19.4. The van der Waals surface area contributed by atoms with Crippen LogP contribution in [0.2, 0.25) is 0 Å². The summed E-state index contributed by atoms with van der Waals surface area (Å²) in [5.74, 6) is 1.89. The van der Waals surface area contributed by atoms with Crippen molar-refractivity contribution in [2.75, 3.05) is 41.5 Å². The number of Topliss-reactive ketones (excluding diaryl/α,β-unsaturated/α-hetero) is 3. The second kappa shape index (κ2) is 48.5. The van der Waals surface area contributed by atoms with Gasteiger partial charge in [0.05, 0.1) is 45.5 Å². The molecule has 0 aliphatic carbocycles. The Morgan fingerprint density at radius 3 is 1.14 bits per heavy atom. The average Bonchev–Trinajstić information content (AvgIpc) is 1.71. The summed E-state index contributed by atoms with van der Waals surface area (Å²) in [5.41, 5.74) is 17.8. The molecule has 6 heterocycles. The standard InChI is InChI=1S/C30H34N4O5S.C29H33N5O5S.C28H32N4O4S.3C2H6.6CH4/c1-18-7-10-29-27(11-18)39-21(4)16-34(40(29,36)37)17-24-13-22(9-8-19(24)2)25(12-20(3)35)23-14-26-30(28(15-23)38-6)33(5)32-31-26;1-17-7-8-21(24(10-19(3)35)22-12-25-29(27(13-22)38-6)33(5)32-31-25)11-23(17)16-34-15-20(4)39-26-9-18(2)30-14-28(26)40(34,36)37;1-18-7-11-24(12-8-18)37(34,35)31(4)17-23-14-21(10-9-19(23)2)25(13-20(3)33)22-15-26-28(27(16-22)36-6)32(5)30-29-26;3*1-2;;;;;;/h7-11,13-15,21,25H,12,16-17H2,1-6H3;7-9,11-14,20,24H,10,15-16H2,1-6H3;7-12,14-16,25H,13,17H2,1-6H3;3*1-2H3;6*1H4/t21-,25+;20-,24+;25-;;;;;;;;;/m110........./s1. The monoisotopic (exact) mass is 1830 g/mol. The summed E-state index contributed by atoms with van der Waals surface area (Å²) in [4.78, 5) is 41.9. The van der Waals surface area contributed by atoms with Crippen molar-refractivity contribution in [2.45, 2.75) is 246 Å². The Labute approximate surface area is 768 Å². The molecule has 129 heavy (non-hydrogen) atoms. The molecule has 0 fully saturated rings. The van der Waals surface area contributed by atoms with Gasteiger partial charge >= 0.3 is 0 Å². The van der Waals surface area contributed by atoms with E-state index in [2.05, 4.69) is 35.9 Å². The predicted molar refractivity (Wildman–Crippen MR) is 520 cm³/mol. The number of nitrogens with zero attached hydrogens (tertiary/aromatic N) is 13. The minimum atomic E-state index is -3.86. The van der Waals surface area contributed by atoms with Crippen LogP contribution in [-0.2, 0) is 85.2 Å². The molecule has 0 amide bonds. The highest BCUT2D eigenvalue weighted by atomic mass is 32.2. The molecule has 30 heteroatoms. The molecule has 4 aromatic heterocycles. The highest BCUT2D eigenvalue weighted by Gasteiger charge is 2.37. The number of benzene rings is 8. The van der Waals surface area contributed by atoms with E-state index >= 15 is 0 Å². The van der Waals surface area contributed by atoms with Crippen LogP contribution in [0.15, 0.2) is 160 Å². The summed E-state index contributed by atoms with van der Waals surface area (Å²) in [6.45, 7) is 32.9. The van der Waals surface area contributed by atoms with E-state index in [1.54, 1.807) is 140 Å². The number of fused-ring (bicyclic) bond motifs is 5. The highest BCUT2D eigenvalue weighted by Crippen LogP contribution is 2.42. The van der Waals surface area contributed by atoms with Crippen molar-refractivity contribution in [1.29, 1.82) is 0 Å². The van der Waals surface area contributed by atoms with Crippen molar-refractivity contribution in [3.05, 3.63) is 229 Å². The zero-order valence-electron chi connectivity index (χ0n) is 75.2. The lowest BCUT2D eigenvalue weighted by Gasteiger charge is -2.24.